The van der Waals surface area contributed by atoms with E-state index in [1.807, 2.05) is 42.6 Å². The quantitative estimate of drug-likeness (QED) is 0.824. The van der Waals surface area contributed by atoms with Crippen molar-refractivity contribution in [3.8, 4) is 0 Å². The van der Waals surface area contributed by atoms with Crippen LogP contribution in [0.4, 0.5) is 0 Å². The zero-order valence-corrected chi connectivity index (χ0v) is 12.8. The molecule has 2 aromatic heterocycles. The molecule has 2 atom stereocenters. The van der Waals surface area contributed by atoms with Crippen molar-refractivity contribution in [3.05, 3.63) is 52.5 Å². The van der Waals surface area contributed by atoms with Crippen molar-refractivity contribution in [2.45, 2.75) is 19.3 Å². The number of carbonyl (C=O) groups excluding carboxylic acids is 1. The van der Waals surface area contributed by atoms with E-state index in [0.29, 0.717) is 13.0 Å². The molecule has 2 unspecified atom stereocenters. The van der Waals surface area contributed by atoms with E-state index in [0.717, 1.165) is 10.6 Å². The number of thiophene rings is 1. The highest BCUT2D eigenvalue weighted by Gasteiger charge is 2.17. The molecule has 0 spiro atoms. The molecule has 0 saturated carbocycles. The maximum Gasteiger partial charge on any atom is 0.228 e. The zero-order chi connectivity index (χ0) is 15.1. The maximum absolute atomic E-state index is 12.1. The minimum Gasteiger partial charge on any atom is -0.396 e. The van der Waals surface area contributed by atoms with Gasteiger partial charge in [0.05, 0.1) is 5.92 Å². The highest BCUT2D eigenvalue weighted by atomic mass is 32.1. The summed E-state index contributed by atoms with van der Waals surface area (Å²) in [5.41, 5.74) is 0.928. The fraction of sp³-hybridized carbons (Fsp3) is 0.375. The topological polar surface area (TPSA) is 62.2 Å². The summed E-state index contributed by atoms with van der Waals surface area (Å²) in [6.45, 7) is 2.39. The van der Waals surface area contributed by atoms with Crippen molar-refractivity contribution in [1.82, 2.24) is 10.3 Å². The maximum atomic E-state index is 12.1. The molecule has 21 heavy (non-hydrogen) atoms. The third-order valence-electron chi connectivity index (χ3n) is 3.41. The van der Waals surface area contributed by atoms with Crippen molar-refractivity contribution < 1.29 is 9.90 Å². The molecular weight excluding hydrogens is 284 g/mol. The van der Waals surface area contributed by atoms with Gasteiger partial charge in [-0.15, -0.1) is 11.3 Å². The lowest BCUT2D eigenvalue weighted by molar-refractivity contribution is -0.122. The molecule has 2 aromatic rings. The Hall–Kier alpha value is -1.72. The molecule has 4 nitrogen and oxygen atoms in total. The van der Waals surface area contributed by atoms with Crippen LogP contribution in [0, 0.1) is 5.92 Å². The first-order valence-electron chi connectivity index (χ1n) is 7.02. The van der Waals surface area contributed by atoms with Crippen LogP contribution in [0.25, 0.3) is 0 Å². The summed E-state index contributed by atoms with van der Waals surface area (Å²) < 4.78 is 0. The average molecular weight is 304 g/mol. The summed E-state index contributed by atoms with van der Waals surface area (Å²) in [4.78, 5) is 17.4. The molecule has 2 N–H and O–H groups in total. The highest BCUT2D eigenvalue weighted by Crippen LogP contribution is 2.20. The molecule has 0 aliphatic carbocycles. The predicted molar refractivity (Wildman–Crippen MR) is 84.3 cm³/mol. The van der Waals surface area contributed by atoms with Gasteiger partial charge in [0.1, 0.15) is 0 Å². The van der Waals surface area contributed by atoms with Crippen LogP contribution in [0.5, 0.6) is 0 Å². The number of aromatic nitrogens is 1. The smallest absolute Gasteiger partial charge is 0.228 e. The molecule has 0 aliphatic rings. The third-order valence-corrected chi connectivity index (χ3v) is 4.47. The number of hydrogen-bond acceptors (Lipinski definition) is 4. The van der Waals surface area contributed by atoms with Crippen LogP contribution < -0.4 is 5.32 Å². The van der Waals surface area contributed by atoms with Crippen LogP contribution in [0.15, 0.2) is 41.9 Å². The van der Waals surface area contributed by atoms with E-state index in [2.05, 4.69) is 10.3 Å². The van der Waals surface area contributed by atoms with Gasteiger partial charge in [0.15, 0.2) is 0 Å². The second kappa shape index (κ2) is 7.90. The van der Waals surface area contributed by atoms with E-state index in [9.17, 15) is 9.90 Å². The predicted octanol–water partition coefficient (Wildman–Crippen LogP) is 2.21. The summed E-state index contributed by atoms with van der Waals surface area (Å²) in [7, 11) is 0. The molecule has 0 aliphatic heterocycles. The van der Waals surface area contributed by atoms with Crippen molar-refractivity contribution >= 4 is 17.2 Å². The van der Waals surface area contributed by atoms with Gasteiger partial charge in [0.25, 0.3) is 0 Å². The number of rotatable bonds is 7. The van der Waals surface area contributed by atoms with Gasteiger partial charge < -0.3 is 10.4 Å². The number of carbonyl (C=O) groups is 1. The highest BCUT2D eigenvalue weighted by molar-refractivity contribution is 7.10. The van der Waals surface area contributed by atoms with Gasteiger partial charge >= 0.3 is 0 Å². The summed E-state index contributed by atoms with van der Waals surface area (Å²) >= 11 is 1.58. The number of hydrogen-bond donors (Lipinski definition) is 2. The summed E-state index contributed by atoms with van der Waals surface area (Å²) in [6, 6.07) is 9.63. The summed E-state index contributed by atoms with van der Waals surface area (Å²) in [5, 5.41) is 14.3. The van der Waals surface area contributed by atoms with Crippen molar-refractivity contribution in [2.75, 3.05) is 13.2 Å². The van der Waals surface area contributed by atoms with Crippen LogP contribution in [0.1, 0.15) is 23.4 Å². The van der Waals surface area contributed by atoms with Gasteiger partial charge in [-0.05, 0) is 36.9 Å². The second-order valence-electron chi connectivity index (χ2n) is 5.06. The Morgan fingerprint density at radius 1 is 1.38 bits per heavy atom. The van der Waals surface area contributed by atoms with Crippen LogP contribution >= 0.6 is 11.3 Å². The molecule has 5 heteroatoms. The van der Waals surface area contributed by atoms with Gasteiger partial charge in [0, 0.05) is 35.8 Å². The number of aliphatic hydroxyl groups excluding tert-OH is 1. The second-order valence-corrected chi connectivity index (χ2v) is 6.04. The number of aliphatic hydroxyl groups is 1. The molecule has 112 valence electrons. The van der Waals surface area contributed by atoms with E-state index >= 15 is 0 Å². The van der Waals surface area contributed by atoms with E-state index < -0.39 is 0 Å². The van der Waals surface area contributed by atoms with Crippen molar-refractivity contribution in [1.29, 1.82) is 0 Å². The number of nitrogens with one attached hydrogen (secondary N) is 1. The molecular formula is C16H20N2O2S. The van der Waals surface area contributed by atoms with Crippen molar-refractivity contribution in [3.63, 3.8) is 0 Å². The SMILES string of the molecule is CC(C(=O)NCC(CO)Cc1ccccn1)c1cccs1. The lowest BCUT2D eigenvalue weighted by Crippen LogP contribution is -2.34. The van der Waals surface area contributed by atoms with Gasteiger partial charge in [-0.2, -0.15) is 0 Å². The van der Waals surface area contributed by atoms with Gasteiger partial charge in [-0.25, -0.2) is 0 Å². The first kappa shape index (κ1) is 15.7. The number of amides is 1. The van der Waals surface area contributed by atoms with E-state index in [-0.39, 0.29) is 24.3 Å². The number of pyridine rings is 1. The summed E-state index contributed by atoms with van der Waals surface area (Å²) in [6.07, 6.45) is 2.40. The molecule has 1 amide bonds. The Labute approximate surface area is 128 Å². The fourth-order valence-corrected chi connectivity index (χ4v) is 2.86. The minimum absolute atomic E-state index is 0.00285. The molecule has 0 radical (unpaired) electrons. The van der Waals surface area contributed by atoms with E-state index in [1.54, 1.807) is 17.5 Å². The summed E-state index contributed by atoms with van der Waals surface area (Å²) in [5.74, 6) is -0.171. The Balaban J connectivity index is 1.84. The molecule has 0 bridgehead atoms. The third kappa shape index (κ3) is 4.65. The van der Waals surface area contributed by atoms with Crippen LogP contribution in [-0.2, 0) is 11.2 Å². The lowest BCUT2D eigenvalue weighted by Gasteiger charge is -2.16. The lowest BCUT2D eigenvalue weighted by atomic mass is 10.0. The largest absolute Gasteiger partial charge is 0.396 e. The standard InChI is InChI=1S/C16H20N2O2S/c1-12(15-6-4-8-21-15)16(20)18-10-13(11-19)9-14-5-2-3-7-17-14/h2-8,12-13,19H,9-11H2,1H3,(H,18,20). The Kier molecular flexibility index (Phi) is 5.90. The Bertz CT molecular complexity index is 543. The molecule has 2 heterocycles. The van der Waals surface area contributed by atoms with E-state index in [4.69, 9.17) is 0 Å². The normalized spacial score (nSPS) is 13.6. The van der Waals surface area contributed by atoms with Crippen LogP contribution in [0.3, 0.4) is 0 Å². The first-order valence-corrected chi connectivity index (χ1v) is 7.90. The minimum atomic E-state index is -0.154. The Morgan fingerprint density at radius 3 is 2.86 bits per heavy atom. The van der Waals surface area contributed by atoms with Gasteiger partial charge in [-0.1, -0.05) is 12.1 Å². The van der Waals surface area contributed by atoms with Crippen LogP contribution in [0.2, 0.25) is 0 Å². The molecule has 2 rings (SSSR count). The number of nitrogens with zero attached hydrogens (tertiary/aromatic N) is 1. The zero-order valence-electron chi connectivity index (χ0n) is 12.0. The Morgan fingerprint density at radius 2 is 2.24 bits per heavy atom. The monoisotopic (exact) mass is 304 g/mol. The van der Waals surface area contributed by atoms with Gasteiger partial charge in [-0.3, -0.25) is 9.78 Å². The van der Waals surface area contributed by atoms with Crippen LogP contribution in [-0.4, -0.2) is 29.1 Å². The molecule has 0 fully saturated rings. The average Bonchev–Trinajstić information content (AvgIpc) is 3.05. The van der Waals surface area contributed by atoms with Gasteiger partial charge in [0.2, 0.25) is 5.91 Å². The first-order chi connectivity index (χ1) is 10.2. The van der Waals surface area contributed by atoms with Crippen molar-refractivity contribution in [2.24, 2.45) is 5.92 Å². The molecule has 0 saturated heterocycles. The fourth-order valence-electron chi connectivity index (χ4n) is 2.08. The molecule has 0 aromatic carbocycles. The van der Waals surface area contributed by atoms with E-state index in [1.165, 1.54) is 0 Å².